The molecule has 2 aliphatic heterocycles. The maximum absolute atomic E-state index is 14.4. The summed E-state index contributed by atoms with van der Waals surface area (Å²) in [6.45, 7) is 6.01. The number of primary amides is 1. The van der Waals surface area contributed by atoms with Gasteiger partial charge in [-0.3, -0.25) is 34.2 Å². The SMILES string of the molecule is CC(C)(C)[C@H](NC(=O)[C@H](CCCNC(=N)N)NC(=O)[C@@H]1CSCc2cccc(c2)C/C=C/CC(=O)N2CCC[C@H]2C(=O)N[C@@H](C2CCCCC2)C(=O)N1)C(N)=O. The van der Waals surface area contributed by atoms with Crippen LogP contribution in [0.25, 0.3) is 0 Å². The number of hydrogen-bond acceptors (Lipinski definition) is 8. The highest BCUT2D eigenvalue weighted by atomic mass is 32.2. The highest BCUT2D eigenvalue weighted by Gasteiger charge is 2.39. The van der Waals surface area contributed by atoms with Crippen molar-refractivity contribution in [2.45, 2.75) is 127 Å². The zero-order valence-corrected chi connectivity index (χ0v) is 33.8. The van der Waals surface area contributed by atoms with Gasteiger partial charge in [0.2, 0.25) is 35.4 Å². The van der Waals surface area contributed by atoms with Crippen LogP contribution in [0, 0.1) is 16.7 Å². The van der Waals surface area contributed by atoms with E-state index < -0.39 is 59.3 Å². The molecular formula is C40H61N9O6S. The molecule has 2 heterocycles. The van der Waals surface area contributed by atoms with Crippen LogP contribution in [0.3, 0.4) is 0 Å². The van der Waals surface area contributed by atoms with Gasteiger partial charge < -0.3 is 43.0 Å². The van der Waals surface area contributed by atoms with Gasteiger partial charge in [-0.05, 0) is 67.4 Å². The molecule has 0 radical (unpaired) electrons. The number of nitrogens with two attached hydrogens (primary N) is 2. The lowest BCUT2D eigenvalue weighted by Gasteiger charge is -2.33. The fourth-order valence-electron chi connectivity index (χ4n) is 7.59. The number of guanidine groups is 1. The molecule has 2 bridgehead atoms. The van der Waals surface area contributed by atoms with Crippen LogP contribution in [-0.4, -0.2) is 95.4 Å². The first-order chi connectivity index (χ1) is 26.6. The van der Waals surface area contributed by atoms with Crippen molar-refractivity contribution in [1.82, 2.24) is 31.5 Å². The van der Waals surface area contributed by atoms with Gasteiger partial charge in [0.15, 0.2) is 5.96 Å². The highest BCUT2D eigenvalue weighted by Crippen LogP contribution is 2.28. The first kappa shape index (κ1) is 44.1. The lowest BCUT2D eigenvalue weighted by atomic mass is 9.83. The summed E-state index contributed by atoms with van der Waals surface area (Å²) in [6, 6.07) is 3.14. The summed E-state index contributed by atoms with van der Waals surface area (Å²) in [5, 5.41) is 21.7. The molecule has 1 aromatic carbocycles. The Balaban J connectivity index is 1.64. The summed E-state index contributed by atoms with van der Waals surface area (Å²) in [5.74, 6) is -2.69. The van der Waals surface area contributed by atoms with Gasteiger partial charge in [-0.25, -0.2) is 0 Å². The van der Waals surface area contributed by atoms with Gasteiger partial charge in [-0.15, -0.1) is 0 Å². The van der Waals surface area contributed by atoms with Crippen molar-refractivity contribution in [1.29, 1.82) is 5.41 Å². The summed E-state index contributed by atoms with van der Waals surface area (Å²) in [6.07, 6.45) is 10.5. The molecular weight excluding hydrogens is 735 g/mol. The fourth-order valence-corrected chi connectivity index (χ4v) is 8.59. The molecule has 3 aliphatic rings. The average Bonchev–Trinajstić information content (AvgIpc) is 3.65. The van der Waals surface area contributed by atoms with Crippen LogP contribution in [0.5, 0.6) is 0 Å². The summed E-state index contributed by atoms with van der Waals surface area (Å²) in [4.78, 5) is 83.6. The number of hydrogen-bond donors (Lipinski definition) is 8. The molecule has 56 heavy (non-hydrogen) atoms. The second kappa shape index (κ2) is 21.1. The molecule has 16 heteroatoms. The zero-order chi connectivity index (χ0) is 40.8. The van der Waals surface area contributed by atoms with E-state index in [9.17, 15) is 28.8 Å². The number of carbonyl (C=O) groups is 6. The van der Waals surface area contributed by atoms with Crippen molar-refractivity contribution in [3.05, 3.63) is 47.5 Å². The second-order valence-corrected chi connectivity index (χ2v) is 17.2. The standard InChI is InChI=1S/C40H61N9O6S/c1-40(2,3)33(34(41)51)48-35(52)28(17-10-20-44-39(42)43)45-36(53)29-24-56-23-26-14-9-13-25(22-26)12-7-8-19-31(50)49-21-11-18-30(49)37(54)47-32(38(55)46-29)27-15-5-4-6-16-27/h7-9,13-14,22,27-30,32-33H,4-6,10-12,15-21,23-24H2,1-3H3,(H2,41,51)(H,45,53)(H,46,55)(H,47,54)(H,48,52)(H4,42,43,44)/b8-7+/t28-,29-,30-,32-,33+/m0/s1. The van der Waals surface area contributed by atoms with Crippen LogP contribution in [0.2, 0.25) is 0 Å². The number of thioether (sulfide) groups is 1. The Morgan fingerprint density at radius 2 is 1.66 bits per heavy atom. The van der Waals surface area contributed by atoms with Gasteiger partial charge >= 0.3 is 0 Å². The van der Waals surface area contributed by atoms with E-state index in [1.807, 2.05) is 30.4 Å². The molecule has 1 aliphatic carbocycles. The first-order valence-electron chi connectivity index (χ1n) is 19.8. The van der Waals surface area contributed by atoms with E-state index in [0.29, 0.717) is 38.0 Å². The Kier molecular flexibility index (Phi) is 16.6. The third-order valence-corrected chi connectivity index (χ3v) is 11.7. The molecule has 0 aromatic heterocycles. The Labute approximate surface area is 334 Å². The van der Waals surface area contributed by atoms with E-state index in [1.165, 1.54) is 11.8 Å². The van der Waals surface area contributed by atoms with E-state index in [1.54, 1.807) is 25.7 Å². The molecule has 0 unspecified atom stereocenters. The summed E-state index contributed by atoms with van der Waals surface area (Å²) < 4.78 is 0. The smallest absolute Gasteiger partial charge is 0.244 e. The topological polar surface area (TPSA) is 242 Å². The van der Waals surface area contributed by atoms with Crippen LogP contribution in [0.1, 0.15) is 96.1 Å². The maximum Gasteiger partial charge on any atom is 0.244 e. The average molecular weight is 796 g/mol. The Morgan fingerprint density at radius 1 is 0.946 bits per heavy atom. The maximum atomic E-state index is 14.4. The Morgan fingerprint density at radius 3 is 2.36 bits per heavy atom. The molecule has 1 saturated heterocycles. The minimum atomic E-state index is -1.12. The number of rotatable bonds is 10. The van der Waals surface area contributed by atoms with E-state index in [4.69, 9.17) is 16.9 Å². The minimum absolute atomic E-state index is 0.125. The van der Waals surface area contributed by atoms with Crippen molar-refractivity contribution in [3.63, 3.8) is 0 Å². The van der Waals surface area contributed by atoms with Crippen molar-refractivity contribution in [2.75, 3.05) is 18.8 Å². The van der Waals surface area contributed by atoms with E-state index in [-0.39, 0.29) is 48.8 Å². The van der Waals surface area contributed by atoms with Crippen molar-refractivity contribution < 1.29 is 28.8 Å². The van der Waals surface area contributed by atoms with E-state index >= 15 is 0 Å². The molecule has 308 valence electrons. The first-order valence-corrected chi connectivity index (χ1v) is 21.0. The number of fused-ring (bicyclic) bond motifs is 3. The van der Waals surface area contributed by atoms with Gasteiger partial charge in [0.25, 0.3) is 0 Å². The molecule has 6 amide bonds. The second-order valence-electron chi connectivity index (χ2n) is 16.2. The highest BCUT2D eigenvalue weighted by molar-refractivity contribution is 7.98. The lowest BCUT2D eigenvalue weighted by molar-refractivity contribution is -0.140. The predicted octanol–water partition coefficient (Wildman–Crippen LogP) is 1.73. The van der Waals surface area contributed by atoms with Gasteiger partial charge in [0, 0.05) is 31.0 Å². The van der Waals surface area contributed by atoms with Crippen LogP contribution >= 0.6 is 11.8 Å². The molecule has 4 rings (SSSR count). The molecule has 15 nitrogen and oxygen atoms in total. The number of nitrogens with zero attached hydrogens (tertiary/aromatic N) is 1. The van der Waals surface area contributed by atoms with Crippen LogP contribution in [-0.2, 0) is 40.9 Å². The fraction of sp³-hybridized carbons (Fsp3) is 0.625. The summed E-state index contributed by atoms with van der Waals surface area (Å²) in [5.41, 5.74) is 12.5. The summed E-state index contributed by atoms with van der Waals surface area (Å²) in [7, 11) is 0. The van der Waals surface area contributed by atoms with Crippen LogP contribution in [0.15, 0.2) is 36.4 Å². The number of benzene rings is 1. The Bertz CT molecular complexity index is 1610. The molecule has 1 saturated carbocycles. The van der Waals surface area contributed by atoms with Crippen LogP contribution in [0.4, 0.5) is 0 Å². The lowest BCUT2D eigenvalue weighted by Crippen LogP contribution is -2.61. The summed E-state index contributed by atoms with van der Waals surface area (Å²) >= 11 is 1.45. The minimum Gasteiger partial charge on any atom is -0.370 e. The van der Waals surface area contributed by atoms with E-state index in [0.717, 1.165) is 43.2 Å². The van der Waals surface area contributed by atoms with Crippen LogP contribution < -0.4 is 38.1 Å². The molecule has 1 aromatic rings. The predicted molar refractivity (Wildman–Crippen MR) is 217 cm³/mol. The molecule has 5 atom stereocenters. The monoisotopic (exact) mass is 795 g/mol. The zero-order valence-electron chi connectivity index (χ0n) is 33.0. The normalized spacial score (nSPS) is 23.4. The number of amides is 6. The molecule has 2 fully saturated rings. The number of allylic oxidation sites excluding steroid dienone is 1. The largest absolute Gasteiger partial charge is 0.370 e. The van der Waals surface area contributed by atoms with Gasteiger partial charge in [0.1, 0.15) is 30.2 Å². The van der Waals surface area contributed by atoms with Crippen molar-refractivity contribution in [3.8, 4) is 0 Å². The number of carbonyl (C=O) groups excluding carboxylic acids is 6. The van der Waals surface area contributed by atoms with Crippen molar-refractivity contribution >= 4 is 53.2 Å². The number of nitrogens with one attached hydrogen (secondary N) is 6. The molecule has 0 spiro atoms. The van der Waals surface area contributed by atoms with E-state index in [2.05, 4.69) is 32.7 Å². The third-order valence-electron chi connectivity index (χ3n) is 10.6. The third kappa shape index (κ3) is 13.3. The molecule has 10 N–H and O–H groups in total. The quantitative estimate of drug-likeness (QED) is 0.0744. The van der Waals surface area contributed by atoms with Gasteiger partial charge in [0.05, 0.1) is 0 Å². The Hall–Kier alpha value is -4.60. The van der Waals surface area contributed by atoms with Gasteiger partial charge in [-0.2, -0.15) is 11.8 Å². The van der Waals surface area contributed by atoms with Crippen molar-refractivity contribution in [2.24, 2.45) is 22.8 Å². The van der Waals surface area contributed by atoms with Gasteiger partial charge in [-0.1, -0.05) is 76.5 Å².